The maximum absolute atomic E-state index is 13.6. The van der Waals surface area contributed by atoms with Gasteiger partial charge in [-0.2, -0.15) is 4.98 Å². The number of hydrogen-bond acceptors (Lipinski definition) is 9. The van der Waals surface area contributed by atoms with Gasteiger partial charge in [0.05, 0.1) is 23.5 Å². The van der Waals surface area contributed by atoms with Crippen molar-refractivity contribution >= 4 is 28.4 Å². The summed E-state index contributed by atoms with van der Waals surface area (Å²) in [7, 11) is 2.15. The minimum absolute atomic E-state index is 0.215. The summed E-state index contributed by atoms with van der Waals surface area (Å²) in [4.78, 5) is 34.6. The second-order valence-corrected chi connectivity index (χ2v) is 10.7. The second kappa shape index (κ2) is 12.0. The topological polar surface area (TPSA) is 110 Å². The summed E-state index contributed by atoms with van der Waals surface area (Å²) in [5, 5.41) is 7.62. The molecule has 0 aliphatic carbocycles. The monoisotopic (exact) mass is 550 g/mol. The van der Waals surface area contributed by atoms with Gasteiger partial charge in [-0.15, -0.1) is 5.92 Å². The SMILES string of the molecule is CC#Cc1cc2cnc(Nc3ccc(NC4CCN(C)C4)cc3)nc2n(Cc2nccnc2C2CCOCC2)c1=O. The maximum Gasteiger partial charge on any atom is 0.268 e. The van der Waals surface area contributed by atoms with Gasteiger partial charge in [0.1, 0.15) is 5.65 Å². The van der Waals surface area contributed by atoms with Crippen LogP contribution >= 0.6 is 0 Å². The van der Waals surface area contributed by atoms with Crippen LogP contribution in [0.1, 0.15) is 49.1 Å². The fourth-order valence-electron chi connectivity index (χ4n) is 5.62. The van der Waals surface area contributed by atoms with Crippen LogP contribution in [0.2, 0.25) is 0 Å². The molecule has 0 spiro atoms. The molecule has 0 amide bonds. The number of ether oxygens (including phenoxy) is 1. The van der Waals surface area contributed by atoms with Crippen LogP contribution in [0.15, 0.2) is 53.7 Å². The summed E-state index contributed by atoms with van der Waals surface area (Å²) in [5.41, 5.74) is 4.31. The van der Waals surface area contributed by atoms with Crippen molar-refractivity contribution in [3.05, 3.63) is 76.2 Å². The summed E-state index contributed by atoms with van der Waals surface area (Å²) in [5.74, 6) is 6.44. The predicted octanol–water partition coefficient (Wildman–Crippen LogP) is 3.75. The molecule has 1 aromatic carbocycles. The average molecular weight is 551 g/mol. The molecule has 1 unspecified atom stereocenters. The molecule has 1 atom stereocenters. The molecular weight excluding hydrogens is 516 g/mol. The first-order valence-corrected chi connectivity index (χ1v) is 14.1. The highest BCUT2D eigenvalue weighted by Gasteiger charge is 2.23. The average Bonchev–Trinajstić information content (AvgIpc) is 3.41. The van der Waals surface area contributed by atoms with Gasteiger partial charge >= 0.3 is 0 Å². The van der Waals surface area contributed by atoms with E-state index >= 15 is 0 Å². The van der Waals surface area contributed by atoms with Gasteiger partial charge in [-0.1, -0.05) is 5.92 Å². The first-order valence-electron chi connectivity index (χ1n) is 14.1. The van der Waals surface area contributed by atoms with Crippen LogP contribution in [-0.2, 0) is 11.3 Å². The molecule has 4 aromatic rings. The molecular formula is C31H34N8O2. The largest absolute Gasteiger partial charge is 0.381 e. The van der Waals surface area contributed by atoms with E-state index in [4.69, 9.17) is 9.72 Å². The highest BCUT2D eigenvalue weighted by atomic mass is 16.5. The normalized spacial score (nSPS) is 17.8. The number of likely N-dealkylation sites (N-methyl/N-ethyl adjacent to an activating group) is 1. The lowest BCUT2D eigenvalue weighted by Crippen LogP contribution is -2.26. The van der Waals surface area contributed by atoms with E-state index in [9.17, 15) is 4.79 Å². The van der Waals surface area contributed by atoms with Crippen molar-refractivity contribution in [2.75, 3.05) is 44.0 Å². The molecule has 2 N–H and O–H groups in total. The van der Waals surface area contributed by atoms with Crippen molar-refractivity contribution in [1.82, 2.24) is 29.4 Å². The van der Waals surface area contributed by atoms with Crippen molar-refractivity contribution in [1.29, 1.82) is 0 Å². The van der Waals surface area contributed by atoms with E-state index in [0.717, 1.165) is 60.5 Å². The van der Waals surface area contributed by atoms with E-state index in [0.29, 0.717) is 36.4 Å². The Morgan fingerprint density at radius 1 is 1.05 bits per heavy atom. The number of benzene rings is 1. The molecule has 10 nitrogen and oxygen atoms in total. The number of likely N-dealkylation sites (tertiary alicyclic amines) is 1. The number of aromatic nitrogens is 5. The fourth-order valence-corrected chi connectivity index (χ4v) is 5.62. The molecule has 0 radical (unpaired) electrons. The Bertz CT molecular complexity index is 1650. The number of rotatable bonds is 7. The lowest BCUT2D eigenvalue weighted by atomic mass is 9.94. The van der Waals surface area contributed by atoms with E-state index in [1.165, 1.54) is 0 Å². The Morgan fingerprint density at radius 3 is 2.59 bits per heavy atom. The van der Waals surface area contributed by atoms with Crippen molar-refractivity contribution < 1.29 is 4.74 Å². The van der Waals surface area contributed by atoms with Gasteiger partial charge in [0.15, 0.2) is 0 Å². The maximum atomic E-state index is 13.6. The van der Waals surface area contributed by atoms with Crippen LogP contribution in [0.4, 0.5) is 17.3 Å². The van der Waals surface area contributed by atoms with E-state index in [1.54, 1.807) is 36.1 Å². The van der Waals surface area contributed by atoms with E-state index < -0.39 is 0 Å². The van der Waals surface area contributed by atoms with Gasteiger partial charge in [-0.25, -0.2) is 4.98 Å². The predicted molar refractivity (Wildman–Crippen MR) is 160 cm³/mol. The fraction of sp³-hybridized carbons (Fsp3) is 0.387. The van der Waals surface area contributed by atoms with Gasteiger partial charge in [0, 0.05) is 67.1 Å². The van der Waals surface area contributed by atoms with Gasteiger partial charge < -0.3 is 20.3 Å². The molecule has 2 saturated heterocycles. The third-order valence-corrected chi connectivity index (χ3v) is 7.71. The van der Waals surface area contributed by atoms with E-state index in [1.807, 2.05) is 12.1 Å². The van der Waals surface area contributed by atoms with Crippen molar-refractivity contribution in [2.45, 2.75) is 44.7 Å². The molecule has 2 aliphatic heterocycles. The van der Waals surface area contributed by atoms with Gasteiger partial charge in [0.25, 0.3) is 5.56 Å². The Hall–Kier alpha value is -4.33. The quantitative estimate of drug-likeness (QED) is 0.333. The first kappa shape index (κ1) is 26.9. The molecule has 0 bridgehead atoms. The second-order valence-electron chi connectivity index (χ2n) is 10.7. The number of hydrogen-bond donors (Lipinski definition) is 2. The summed E-state index contributed by atoms with van der Waals surface area (Å²) in [6.07, 6.45) is 8.01. The number of nitrogens with one attached hydrogen (secondary N) is 2. The van der Waals surface area contributed by atoms with Gasteiger partial charge in [-0.05, 0) is 70.1 Å². The zero-order valence-corrected chi connectivity index (χ0v) is 23.4. The number of nitrogens with zero attached hydrogens (tertiary/aromatic N) is 6. The molecule has 5 heterocycles. The third-order valence-electron chi connectivity index (χ3n) is 7.71. The molecule has 2 aliphatic rings. The zero-order chi connectivity index (χ0) is 28.2. The Labute approximate surface area is 239 Å². The van der Waals surface area contributed by atoms with Gasteiger partial charge in [0.2, 0.25) is 5.95 Å². The zero-order valence-electron chi connectivity index (χ0n) is 23.4. The van der Waals surface area contributed by atoms with Crippen LogP contribution in [0.25, 0.3) is 11.0 Å². The lowest BCUT2D eigenvalue weighted by Gasteiger charge is -2.23. The molecule has 2 fully saturated rings. The minimum Gasteiger partial charge on any atom is -0.381 e. The Morgan fingerprint density at radius 2 is 1.83 bits per heavy atom. The van der Waals surface area contributed by atoms with Crippen molar-refractivity contribution in [3.8, 4) is 11.8 Å². The van der Waals surface area contributed by atoms with Crippen LogP contribution in [0.3, 0.4) is 0 Å². The highest BCUT2D eigenvalue weighted by molar-refractivity contribution is 5.77. The molecule has 41 heavy (non-hydrogen) atoms. The van der Waals surface area contributed by atoms with Crippen molar-refractivity contribution in [2.24, 2.45) is 0 Å². The standard InChI is InChI=1S/C31H34N8O2/c1-3-4-22-17-23-18-34-31(36-25-7-5-24(6-8-25)35-26-9-14-38(2)19-26)37-29(23)39(30(22)40)20-27-28(33-13-12-32-27)21-10-15-41-16-11-21/h5-8,12-13,17-18,21,26,35H,9-11,14-16,19-20H2,1-2H3,(H,34,36,37). The Balaban J connectivity index is 1.31. The molecule has 3 aromatic heterocycles. The Kier molecular flexibility index (Phi) is 7.89. The molecule has 6 rings (SSSR count). The first-order chi connectivity index (χ1) is 20.1. The lowest BCUT2D eigenvalue weighted by molar-refractivity contribution is 0.0842. The summed E-state index contributed by atoms with van der Waals surface area (Å²) < 4.78 is 7.19. The minimum atomic E-state index is -0.215. The van der Waals surface area contributed by atoms with E-state index in [-0.39, 0.29) is 18.0 Å². The molecule has 10 heteroatoms. The summed E-state index contributed by atoms with van der Waals surface area (Å²) >= 11 is 0. The van der Waals surface area contributed by atoms with Crippen LogP contribution < -0.4 is 16.2 Å². The number of pyridine rings is 1. The number of fused-ring (bicyclic) bond motifs is 1. The summed E-state index contributed by atoms with van der Waals surface area (Å²) in [6.45, 7) is 5.51. The number of anilines is 3. The van der Waals surface area contributed by atoms with Crippen LogP contribution in [0.5, 0.6) is 0 Å². The van der Waals surface area contributed by atoms with Crippen LogP contribution in [0, 0.1) is 11.8 Å². The smallest absolute Gasteiger partial charge is 0.268 e. The molecule has 0 saturated carbocycles. The van der Waals surface area contributed by atoms with E-state index in [2.05, 4.69) is 61.5 Å². The van der Waals surface area contributed by atoms with Crippen LogP contribution in [-0.4, -0.2) is 68.8 Å². The molecule has 210 valence electrons. The van der Waals surface area contributed by atoms with Crippen molar-refractivity contribution in [3.63, 3.8) is 0 Å². The highest BCUT2D eigenvalue weighted by Crippen LogP contribution is 2.28. The summed E-state index contributed by atoms with van der Waals surface area (Å²) in [6, 6.07) is 10.3. The third kappa shape index (κ3) is 6.06. The van der Waals surface area contributed by atoms with Gasteiger partial charge in [-0.3, -0.25) is 19.3 Å².